The zero-order chi connectivity index (χ0) is 16.8. The molecule has 0 saturated heterocycles. The number of carbonyl (C=O) groups excluding carboxylic acids is 1. The van der Waals surface area contributed by atoms with Crippen molar-refractivity contribution < 1.29 is 19.4 Å². The molecule has 0 aliphatic heterocycles. The molecule has 1 heterocycles. The number of nitrogens with one attached hydrogen (secondary N) is 1. The van der Waals surface area contributed by atoms with Gasteiger partial charge in [-0.15, -0.1) is 0 Å². The third-order valence-electron chi connectivity index (χ3n) is 3.39. The van der Waals surface area contributed by atoms with E-state index in [9.17, 15) is 9.59 Å². The van der Waals surface area contributed by atoms with Crippen LogP contribution in [0.4, 0.5) is 0 Å². The Kier molecular flexibility index (Phi) is 5.35. The van der Waals surface area contributed by atoms with Gasteiger partial charge in [0.1, 0.15) is 11.4 Å². The smallest absolute Gasteiger partial charge is 0.305 e. The standard InChI is InChI=1S/C16H19N3O4/c1-11(12-3-5-13(23-2)6-4-12)17-16(22)14-7-9-19(18-14)10-8-15(20)21/h3-7,9,11H,8,10H2,1-2H3,(H,17,22)(H,20,21). The van der Waals surface area contributed by atoms with Gasteiger partial charge in [0.2, 0.25) is 0 Å². The lowest BCUT2D eigenvalue weighted by atomic mass is 10.1. The summed E-state index contributed by atoms with van der Waals surface area (Å²) in [7, 11) is 1.60. The van der Waals surface area contributed by atoms with Gasteiger partial charge in [0, 0.05) is 6.20 Å². The topological polar surface area (TPSA) is 93.5 Å². The first-order valence-electron chi connectivity index (χ1n) is 7.19. The van der Waals surface area contributed by atoms with E-state index < -0.39 is 5.97 Å². The van der Waals surface area contributed by atoms with Crippen LogP contribution in [0.3, 0.4) is 0 Å². The number of benzene rings is 1. The summed E-state index contributed by atoms with van der Waals surface area (Å²) in [5, 5.41) is 15.6. The van der Waals surface area contributed by atoms with Gasteiger partial charge in [-0.3, -0.25) is 14.3 Å². The predicted octanol–water partition coefficient (Wildman–Crippen LogP) is 1.86. The summed E-state index contributed by atoms with van der Waals surface area (Å²) in [6.07, 6.45) is 1.56. The quantitative estimate of drug-likeness (QED) is 0.813. The van der Waals surface area contributed by atoms with Gasteiger partial charge < -0.3 is 15.2 Å². The maximum absolute atomic E-state index is 12.2. The second kappa shape index (κ2) is 7.44. The number of carboxylic acid groups (broad SMARTS) is 1. The Balaban J connectivity index is 1.96. The normalized spacial score (nSPS) is 11.7. The van der Waals surface area contributed by atoms with E-state index in [0.717, 1.165) is 11.3 Å². The van der Waals surface area contributed by atoms with E-state index in [2.05, 4.69) is 10.4 Å². The Morgan fingerprint density at radius 1 is 1.30 bits per heavy atom. The zero-order valence-electron chi connectivity index (χ0n) is 13.0. The Morgan fingerprint density at radius 2 is 2.00 bits per heavy atom. The molecule has 2 rings (SSSR count). The number of carbonyl (C=O) groups is 2. The molecular formula is C16H19N3O4. The van der Waals surface area contributed by atoms with Crippen molar-refractivity contribution in [3.8, 4) is 5.75 Å². The Hall–Kier alpha value is -2.83. The molecule has 1 aromatic carbocycles. The predicted molar refractivity (Wildman–Crippen MR) is 83.4 cm³/mol. The molecule has 1 atom stereocenters. The van der Waals surface area contributed by atoms with Crippen LogP contribution in [-0.4, -0.2) is 33.9 Å². The van der Waals surface area contributed by atoms with Gasteiger partial charge in [-0.05, 0) is 30.7 Å². The molecule has 0 aliphatic rings. The van der Waals surface area contributed by atoms with Crippen LogP contribution < -0.4 is 10.1 Å². The number of amides is 1. The number of aliphatic carboxylic acids is 1. The fourth-order valence-corrected chi connectivity index (χ4v) is 2.06. The van der Waals surface area contributed by atoms with Crippen molar-refractivity contribution in [3.63, 3.8) is 0 Å². The Bertz CT molecular complexity index is 679. The lowest BCUT2D eigenvalue weighted by Gasteiger charge is -2.13. The van der Waals surface area contributed by atoms with Crippen molar-refractivity contribution in [2.24, 2.45) is 0 Å². The van der Waals surface area contributed by atoms with Crippen molar-refractivity contribution >= 4 is 11.9 Å². The molecule has 7 heteroatoms. The highest BCUT2D eigenvalue weighted by molar-refractivity contribution is 5.92. The van der Waals surface area contributed by atoms with E-state index in [1.165, 1.54) is 4.68 Å². The lowest BCUT2D eigenvalue weighted by molar-refractivity contribution is -0.137. The third kappa shape index (κ3) is 4.57. The average Bonchev–Trinajstić information content (AvgIpc) is 3.02. The fourth-order valence-electron chi connectivity index (χ4n) is 2.06. The largest absolute Gasteiger partial charge is 0.497 e. The van der Waals surface area contributed by atoms with Gasteiger partial charge in [-0.1, -0.05) is 12.1 Å². The summed E-state index contributed by atoms with van der Waals surface area (Å²) in [5.41, 5.74) is 1.21. The zero-order valence-corrected chi connectivity index (χ0v) is 13.0. The number of rotatable bonds is 7. The minimum atomic E-state index is -0.903. The number of aromatic nitrogens is 2. The van der Waals surface area contributed by atoms with Crippen LogP contribution in [-0.2, 0) is 11.3 Å². The number of carboxylic acids is 1. The summed E-state index contributed by atoms with van der Waals surface area (Å²) in [6.45, 7) is 2.11. The molecule has 2 N–H and O–H groups in total. The van der Waals surface area contributed by atoms with E-state index in [0.29, 0.717) is 0 Å². The summed E-state index contributed by atoms with van der Waals surface area (Å²) in [6, 6.07) is 8.82. The van der Waals surface area contributed by atoms with Gasteiger partial charge in [-0.2, -0.15) is 5.10 Å². The second-order valence-corrected chi connectivity index (χ2v) is 5.08. The van der Waals surface area contributed by atoms with E-state index in [1.54, 1.807) is 19.4 Å². The van der Waals surface area contributed by atoms with Gasteiger partial charge >= 0.3 is 5.97 Å². The first-order chi connectivity index (χ1) is 11.0. The first kappa shape index (κ1) is 16.5. The van der Waals surface area contributed by atoms with Crippen LogP contribution in [0.25, 0.3) is 0 Å². The van der Waals surface area contributed by atoms with Crippen molar-refractivity contribution in [2.45, 2.75) is 25.9 Å². The molecule has 0 fully saturated rings. The highest BCUT2D eigenvalue weighted by atomic mass is 16.5. The van der Waals surface area contributed by atoms with Crippen LogP contribution in [0.2, 0.25) is 0 Å². The molecule has 1 unspecified atom stereocenters. The number of methoxy groups -OCH3 is 1. The average molecular weight is 317 g/mol. The molecule has 23 heavy (non-hydrogen) atoms. The minimum Gasteiger partial charge on any atom is -0.497 e. The van der Waals surface area contributed by atoms with Gasteiger partial charge in [0.15, 0.2) is 0 Å². The van der Waals surface area contributed by atoms with Crippen molar-refractivity contribution in [3.05, 3.63) is 47.8 Å². The number of hydrogen-bond acceptors (Lipinski definition) is 4. The van der Waals surface area contributed by atoms with Gasteiger partial charge in [0.05, 0.1) is 26.1 Å². The molecule has 1 aromatic heterocycles. The maximum atomic E-state index is 12.2. The highest BCUT2D eigenvalue weighted by Crippen LogP contribution is 2.17. The summed E-state index contributed by atoms with van der Waals surface area (Å²) in [4.78, 5) is 22.7. The van der Waals surface area contributed by atoms with Crippen molar-refractivity contribution in [2.75, 3.05) is 7.11 Å². The molecule has 0 saturated carbocycles. The molecule has 7 nitrogen and oxygen atoms in total. The summed E-state index contributed by atoms with van der Waals surface area (Å²) in [5.74, 6) is -0.452. The molecular weight excluding hydrogens is 298 g/mol. The van der Waals surface area contributed by atoms with Crippen molar-refractivity contribution in [1.82, 2.24) is 15.1 Å². The molecule has 122 valence electrons. The van der Waals surface area contributed by atoms with Gasteiger partial charge in [-0.25, -0.2) is 0 Å². The molecule has 2 aromatic rings. The van der Waals surface area contributed by atoms with Crippen LogP contribution in [0.15, 0.2) is 36.5 Å². The maximum Gasteiger partial charge on any atom is 0.305 e. The second-order valence-electron chi connectivity index (χ2n) is 5.08. The van der Waals surface area contributed by atoms with E-state index in [4.69, 9.17) is 9.84 Å². The van der Waals surface area contributed by atoms with Gasteiger partial charge in [0.25, 0.3) is 5.91 Å². The lowest BCUT2D eigenvalue weighted by Crippen LogP contribution is -2.27. The van der Waals surface area contributed by atoms with E-state index >= 15 is 0 Å². The molecule has 0 aliphatic carbocycles. The van der Waals surface area contributed by atoms with Crippen LogP contribution in [0, 0.1) is 0 Å². The highest BCUT2D eigenvalue weighted by Gasteiger charge is 2.14. The third-order valence-corrected chi connectivity index (χ3v) is 3.39. The molecule has 0 radical (unpaired) electrons. The Morgan fingerprint density at radius 3 is 2.61 bits per heavy atom. The monoisotopic (exact) mass is 317 g/mol. The summed E-state index contributed by atoms with van der Waals surface area (Å²) >= 11 is 0. The van der Waals surface area contributed by atoms with Crippen LogP contribution >= 0.6 is 0 Å². The Labute approximate surface area is 133 Å². The van der Waals surface area contributed by atoms with Crippen molar-refractivity contribution in [1.29, 1.82) is 0 Å². The number of hydrogen-bond donors (Lipinski definition) is 2. The number of aryl methyl sites for hydroxylation is 1. The van der Waals surface area contributed by atoms with E-state index in [1.807, 2.05) is 31.2 Å². The number of ether oxygens (including phenoxy) is 1. The summed E-state index contributed by atoms with van der Waals surface area (Å²) < 4.78 is 6.55. The fraction of sp³-hybridized carbons (Fsp3) is 0.312. The first-order valence-corrected chi connectivity index (χ1v) is 7.19. The molecule has 1 amide bonds. The van der Waals surface area contributed by atoms with Crippen LogP contribution in [0.5, 0.6) is 5.75 Å². The molecule has 0 bridgehead atoms. The van der Waals surface area contributed by atoms with E-state index in [-0.39, 0.29) is 30.6 Å². The SMILES string of the molecule is COc1ccc(C(C)NC(=O)c2ccn(CCC(=O)O)n2)cc1. The number of nitrogens with zero attached hydrogens (tertiary/aromatic N) is 2. The van der Waals surface area contributed by atoms with Crippen LogP contribution in [0.1, 0.15) is 35.4 Å². The molecule has 0 spiro atoms. The minimum absolute atomic E-state index is 0.0367.